The number of aryl methyl sites for hydroxylation is 1. The van der Waals surface area contributed by atoms with Gasteiger partial charge in [0.05, 0.1) is 5.69 Å². The van der Waals surface area contributed by atoms with Crippen LogP contribution < -0.4 is 10.1 Å². The van der Waals surface area contributed by atoms with Crippen LogP contribution in [-0.2, 0) is 11.2 Å². The van der Waals surface area contributed by atoms with E-state index in [4.69, 9.17) is 9.84 Å². The van der Waals surface area contributed by atoms with Crippen molar-refractivity contribution >= 4 is 11.7 Å². The van der Waals surface area contributed by atoms with Crippen molar-refractivity contribution in [1.29, 1.82) is 0 Å². The Hall–Kier alpha value is -1.71. The molecule has 0 amide bonds. The average molecular weight is 235 g/mol. The molecule has 1 aliphatic heterocycles. The molecule has 0 unspecified atom stereocenters. The summed E-state index contributed by atoms with van der Waals surface area (Å²) >= 11 is 0. The van der Waals surface area contributed by atoms with Gasteiger partial charge in [-0.05, 0) is 38.3 Å². The number of para-hydroxylation sites is 1. The number of carbonyl (C=O) groups is 1. The molecule has 0 bridgehead atoms. The summed E-state index contributed by atoms with van der Waals surface area (Å²) in [4.78, 5) is 11.0. The Morgan fingerprint density at radius 2 is 2.24 bits per heavy atom. The van der Waals surface area contributed by atoms with Gasteiger partial charge in [0.25, 0.3) is 0 Å². The number of hydrogen-bond acceptors (Lipinski definition) is 3. The fourth-order valence-corrected chi connectivity index (χ4v) is 1.88. The lowest BCUT2D eigenvalue weighted by Gasteiger charge is -2.26. The summed E-state index contributed by atoms with van der Waals surface area (Å²) in [7, 11) is 0. The summed E-state index contributed by atoms with van der Waals surface area (Å²) in [5.74, 6) is -0.347. The second-order valence-corrected chi connectivity index (χ2v) is 4.74. The highest BCUT2D eigenvalue weighted by Crippen LogP contribution is 2.34. The third-order valence-electron chi connectivity index (χ3n) is 2.92. The first kappa shape index (κ1) is 11.8. The predicted octanol–water partition coefficient (Wildman–Crippen LogP) is 2.29. The molecule has 0 saturated heterocycles. The van der Waals surface area contributed by atoms with Crippen LogP contribution in [0.5, 0.6) is 5.75 Å². The van der Waals surface area contributed by atoms with Crippen molar-refractivity contribution in [3.05, 3.63) is 23.8 Å². The molecule has 0 radical (unpaired) electrons. The number of aliphatic carboxylic acids is 1. The maximum atomic E-state index is 11.0. The van der Waals surface area contributed by atoms with E-state index in [1.54, 1.807) is 13.8 Å². The van der Waals surface area contributed by atoms with Gasteiger partial charge in [-0.25, -0.2) is 4.79 Å². The van der Waals surface area contributed by atoms with Crippen LogP contribution in [0.3, 0.4) is 0 Å². The minimum atomic E-state index is -1.21. The monoisotopic (exact) mass is 235 g/mol. The first-order valence-electron chi connectivity index (χ1n) is 5.79. The fourth-order valence-electron chi connectivity index (χ4n) is 1.88. The summed E-state index contributed by atoms with van der Waals surface area (Å²) in [6.07, 6.45) is 2.10. The zero-order valence-corrected chi connectivity index (χ0v) is 10.1. The summed E-state index contributed by atoms with van der Waals surface area (Å²) in [6, 6.07) is 5.75. The molecule has 1 aliphatic rings. The van der Waals surface area contributed by atoms with Gasteiger partial charge in [0.2, 0.25) is 0 Å². The van der Waals surface area contributed by atoms with E-state index in [0.29, 0.717) is 5.75 Å². The number of carboxylic acids is 1. The van der Waals surface area contributed by atoms with Gasteiger partial charge in [-0.3, -0.25) is 0 Å². The van der Waals surface area contributed by atoms with Crippen molar-refractivity contribution in [2.24, 2.45) is 0 Å². The maximum Gasteiger partial charge on any atom is 0.347 e. The van der Waals surface area contributed by atoms with Crippen molar-refractivity contribution in [3.8, 4) is 5.75 Å². The Kier molecular flexibility index (Phi) is 2.96. The normalized spacial score (nSPS) is 14.7. The summed E-state index contributed by atoms with van der Waals surface area (Å²) < 4.78 is 5.60. The zero-order valence-electron chi connectivity index (χ0n) is 10.1. The van der Waals surface area contributed by atoms with Crippen LogP contribution in [0.2, 0.25) is 0 Å². The number of rotatable bonds is 3. The molecule has 0 saturated carbocycles. The molecule has 1 aromatic carbocycles. The molecule has 4 nitrogen and oxygen atoms in total. The van der Waals surface area contributed by atoms with Gasteiger partial charge in [0.1, 0.15) is 5.75 Å². The van der Waals surface area contributed by atoms with Gasteiger partial charge in [-0.1, -0.05) is 12.1 Å². The highest BCUT2D eigenvalue weighted by Gasteiger charge is 2.30. The van der Waals surface area contributed by atoms with Crippen molar-refractivity contribution in [2.75, 3.05) is 11.9 Å². The number of carboxylic acid groups (broad SMARTS) is 1. The van der Waals surface area contributed by atoms with Crippen LogP contribution in [0, 0.1) is 0 Å². The van der Waals surface area contributed by atoms with E-state index in [9.17, 15) is 4.79 Å². The molecule has 0 aliphatic carbocycles. The Morgan fingerprint density at radius 3 is 2.94 bits per heavy atom. The summed E-state index contributed by atoms with van der Waals surface area (Å²) in [6.45, 7) is 4.01. The molecular weight excluding hydrogens is 218 g/mol. The quantitative estimate of drug-likeness (QED) is 0.844. The van der Waals surface area contributed by atoms with Crippen molar-refractivity contribution in [3.63, 3.8) is 0 Å². The van der Waals surface area contributed by atoms with E-state index in [2.05, 4.69) is 5.32 Å². The van der Waals surface area contributed by atoms with Gasteiger partial charge in [0, 0.05) is 6.54 Å². The van der Waals surface area contributed by atoms with Crippen LogP contribution in [-0.4, -0.2) is 23.2 Å². The van der Waals surface area contributed by atoms with E-state index in [-0.39, 0.29) is 0 Å². The second-order valence-electron chi connectivity index (χ2n) is 4.74. The summed E-state index contributed by atoms with van der Waals surface area (Å²) in [5, 5.41) is 12.3. The van der Waals surface area contributed by atoms with Crippen LogP contribution in [0.25, 0.3) is 0 Å². The molecule has 4 heteroatoms. The molecule has 1 aromatic rings. The minimum absolute atomic E-state index is 0.620. The average Bonchev–Trinajstić information content (AvgIpc) is 2.29. The highest BCUT2D eigenvalue weighted by molar-refractivity contribution is 5.77. The maximum absolute atomic E-state index is 11.0. The number of hydrogen-bond donors (Lipinski definition) is 2. The second kappa shape index (κ2) is 4.28. The predicted molar refractivity (Wildman–Crippen MR) is 65.6 cm³/mol. The van der Waals surface area contributed by atoms with E-state index in [1.807, 2.05) is 18.2 Å². The molecule has 1 heterocycles. The van der Waals surface area contributed by atoms with E-state index < -0.39 is 11.6 Å². The van der Waals surface area contributed by atoms with Gasteiger partial charge < -0.3 is 15.2 Å². The van der Waals surface area contributed by atoms with E-state index >= 15 is 0 Å². The minimum Gasteiger partial charge on any atom is -0.478 e. The molecule has 0 aromatic heterocycles. The topological polar surface area (TPSA) is 58.6 Å². The highest BCUT2D eigenvalue weighted by atomic mass is 16.5. The van der Waals surface area contributed by atoms with Crippen molar-refractivity contribution < 1.29 is 14.6 Å². The number of ether oxygens (including phenoxy) is 1. The Balaban J connectivity index is 2.30. The molecule has 0 atom stereocenters. The molecule has 0 fully saturated rings. The first-order chi connectivity index (χ1) is 8.00. The van der Waals surface area contributed by atoms with Crippen LogP contribution >= 0.6 is 0 Å². The smallest absolute Gasteiger partial charge is 0.347 e. The molecule has 92 valence electrons. The standard InChI is InChI=1S/C13H17NO3/c1-13(2,12(15)16)17-10-7-3-5-9-6-4-8-14-11(9)10/h3,5,7,14H,4,6,8H2,1-2H3,(H,15,16). The Labute approximate surface area is 101 Å². The number of anilines is 1. The SMILES string of the molecule is CC(C)(Oc1cccc2c1NCCC2)C(=O)O. The third kappa shape index (κ3) is 2.35. The van der Waals surface area contributed by atoms with Crippen LogP contribution in [0.1, 0.15) is 25.8 Å². The van der Waals surface area contributed by atoms with Crippen LogP contribution in [0.4, 0.5) is 5.69 Å². The molecule has 0 spiro atoms. The third-order valence-corrected chi connectivity index (χ3v) is 2.92. The molecular formula is C13H17NO3. The lowest BCUT2D eigenvalue weighted by atomic mass is 10.0. The van der Waals surface area contributed by atoms with E-state index in [1.165, 1.54) is 5.56 Å². The van der Waals surface area contributed by atoms with Crippen molar-refractivity contribution in [2.45, 2.75) is 32.3 Å². The summed E-state index contributed by atoms with van der Waals surface area (Å²) in [5.41, 5.74) is 0.914. The number of fused-ring (bicyclic) bond motifs is 1. The molecule has 2 N–H and O–H groups in total. The number of nitrogens with one attached hydrogen (secondary N) is 1. The molecule has 2 rings (SSSR count). The van der Waals surface area contributed by atoms with Gasteiger partial charge >= 0.3 is 5.97 Å². The van der Waals surface area contributed by atoms with E-state index in [0.717, 1.165) is 25.1 Å². The number of benzene rings is 1. The van der Waals surface area contributed by atoms with Crippen molar-refractivity contribution in [1.82, 2.24) is 0 Å². The zero-order chi connectivity index (χ0) is 12.5. The Morgan fingerprint density at radius 1 is 1.47 bits per heavy atom. The first-order valence-corrected chi connectivity index (χ1v) is 5.79. The van der Waals surface area contributed by atoms with Gasteiger partial charge in [-0.15, -0.1) is 0 Å². The van der Waals surface area contributed by atoms with Gasteiger partial charge in [0.15, 0.2) is 5.60 Å². The fraction of sp³-hybridized carbons (Fsp3) is 0.462. The van der Waals surface area contributed by atoms with Crippen LogP contribution in [0.15, 0.2) is 18.2 Å². The Bertz CT molecular complexity index is 440. The van der Waals surface area contributed by atoms with Gasteiger partial charge in [-0.2, -0.15) is 0 Å². The molecule has 17 heavy (non-hydrogen) atoms. The lowest BCUT2D eigenvalue weighted by Crippen LogP contribution is -2.38. The largest absolute Gasteiger partial charge is 0.478 e. The lowest BCUT2D eigenvalue weighted by molar-refractivity contribution is -0.152.